The highest BCUT2D eigenvalue weighted by molar-refractivity contribution is 5.13. The molecule has 0 aromatic heterocycles. The van der Waals surface area contributed by atoms with Gasteiger partial charge in [0.05, 0.1) is 43.2 Å². The van der Waals surface area contributed by atoms with Crippen molar-refractivity contribution in [2.24, 2.45) is 0 Å². The number of benzene rings is 1. The van der Waals surface area contributed by atoms with E-state index in [0.717, 1.165) is 31.2 Å². The lowest BCUT2D eigenvalue weighted by atomic mass is 10.0. The molecular weight excluding hydrogens is 412 g/mol. The van der Waals surface area contributed by atoms with E-state index in [1.54, 1.807) is 0 Å². The Labute approximate surface area is 191 Å². The molecule has 7 heteroatoms. The van der Waals surface area contributed by atoms with Crippen LogP contribution in [0.3, 0.4) is 0 Å². The molecule has 3 saturated heterocycles. The first kappa shape index (κ1) is 24.1. The lowest BCUT2D eigenvalue weighted by Crippen LogP contribution is -2.47. The number of aliphatic hydroxyl groups is 1. The van der Waals surface area contributed by atoms with Crippen LogP contribution in [-0.4, -0.2) is 60.6 Å². The van der Waals surface area contributed by atoms with E-state index in [1.165, 1.54) is 0 Å². The lowest BCUT2D eigenvalue weighted by Gasteiger charge is -2.41. The fourth-order valence-corrected chi connectivity index (χ4v) is 4.63. The summed E-state index contributed by atoms with van der Waals surface area (Å²) in [4.78, 5) is 0. The van der Waals surface area contributed by atoms with Crippen LogP contribution < -0.4 is 0 Å². The first-order valence-corrected chi connectivity index (χ1v) is 12.1. The summed E-state index contributed by atoms with van der Waals surface area (Å²) in [5, 5.41) is 9.82. The van der Waals surface area contributed by atoms with Crippen molar-refractivity contribution in [1.29, 1.82) is 0 Å². The molecule has 7 nitrogen and oxygen atoms in total. The van der Waals surface area contributed by atoms with Crippen LogP contribution in [0, 0.1) is 0 Å². The van der Waals surface area contributed by atoms with Crippen molar-refractivity contribution in [3.05, 3.63) is 35.9 Å². The minimum atomic E-state index is -0.407. The zero-order valence-electron chi connectivity index (χ0n) is 19.4. The van der Waals surface area contributed by atoms with E-state index in [2.05, 4.69) is 12.1 Å². The molecule has 4 rings (SSSR count). The predicted octanol–water partition coefficient (Wildman–Crippen LogP) is 3.91. The number of aliphatic hydroxyl groups excluding tert-OH is 1. The summed E-state index contributed by atoms with van der Waals surface area (Å²) in [5.74, 6) is 0. The van der Waals surface area contributed by atoms with Gasteiger partial charge in [0.2, 0.25) is 0 Å². The maximum absolute atomic E-state index is 9.82. The number of rotatable bonds is 7. The zero-order chi connectivity index (χ0) is 22.5. The molecule has 3 aliphatic rings. The quantitative estimate of drug-likeness (QED) is 0.675. The largest absolute Gasteiger partial charge is 0.390 e. The van der Waals surface area contributed by atoms with E-state index in [9.17, 15) is 5.11 Å². The Morgan fingerprint density at radius 2 is 1.25 bits per heavy atom. The average molecular weight is 451 g/mol. The Morgan fingerprint density at radius 3 is 1.84 bits per heavy atom. The molecule has 0 bridgehead atoms. The molecule has 180 valence electrons. The molecule has 1 aromatic carbocycles. The SMILES string of the molecule is C[C@H]1O[C@H](OCc2ccccc2)CC[C@@H]1O[C@@H]1CC[C@H](O[C@@H]2CC[C@H](O)[C@@H](C)O2)[C@@H](C)O1. The van der Waals surface area contributed by atoms with Gasteiger partial charge in [0.25, 0.3) is 0 Å². The highest BCUT2D eigenvalue weighted by Crippen LogP contribution is 2.31. The van der Waals surface area contributed by atoms with Crippen molar-refractivity contribution in [1.82, 2.24) is 0 Å². The van der Waals surface area contributed by atoms with Crippen LogP contribution in [-0.2, 0) is 35.0 Å². The van der Waals surface area contributed by atoms with Crippen LogP contribution in [0.1, 0.15) is 64.9 Å². The minimum Gasteiger partial charge on any atom is -0.390 e. The lowest BCUT2D eigenvalue weighted by molar-refractivity contribution is -0.303. The van der Waals surface area contributed by atoms with Crippen molar-refractivity contribution in [2.45, 2.75) is 121 Å². The molecular formula is C25H38O7. The number of hydrogen-bond donors (Lipinski definition) is 1. The van der Waals surface area contributed by atoms with Gasteiger partial charge in [0.1, 0.15) is 0 Å². The summed E-state index contributed by atoms with van der Waals surface area (Å²) in [6, 6.07) is 10.1. The molecule has 0 aliphatic carbocycles. The van der Waals surface area contributed by atoms with Crippen LogP contribution in [0.25, 0.3) is 0 Å². The van der Waals surface area contributed by atoms with E-state index in [0.29, 0.717) is 19.4 Å². The minimum absolute atomic E-state index is 0.00902. The topological polar surface area (TPSA) is 75.6 Å². The molecule has 3 fully saturated rings. The fourth-order valence-electron chi connectivity index (χ4n) is 4.63. The molecule has 3 heterocycles. The molecule has 3 aliphatic heterocycles. The summed E-state index contributed by atoms with van der Waals surface area (Å²) >= 11 is 0. The van der Waals surface area contributed by atoms with Crippen molar-refractivity contribution < 1.29 is 33.5 Å². The third-order valence-electron chi connectivity index (χ3n) is 6.69. The summed E-state index contributed by atoms with van der Waals surface area (Å²) in [7, 11) is 0. The maximum Gasteiger partial charge on any atom is 0.158 e. The monoisotopic (exact) mass is 450 g/mol. The normalized spacial score (nSPS) is 40.8. The molecule has 0 amide bonds. The first-order valence-electron chi connectivity index (χ1n) is 12.1. The highest BCUT2D eigenvalue weighted by atomic mass is 16.7. The maximum atomic E-state index is 9.82. The van der Waals surface area contributed by atoms with Crippen LogP contribution >= 0.6 is 0 Å². The van der Waals surface area contributed by atoms with E-state index in [-0.39, 0.29) is 49.4 Å². The van der Waals surface area contributed by atoms with E-state index in [1.807, 2.05) is 39.0 Å². The van der Waals surface area contributed by atoms with Crippen molar-refractivity contribution >= 4 is 0 Å². The summed E-state index contributed by atoms with van der Waals surface area (Å²) in [5.41, 5.74) is 1.15. The van der Waals surface area contributed by atoms with Gasteiger partial charge in [-0.25, -0.2) is 0 Å². The molecule has 0 radical (unpaired) electrons. The molecule has 0 spiro atoms. The third kappa shape index (κ3) is 6.50. The van der Waals surface area contributed by atoms with Crippen molar-refractivity contribution in [3.8, 4) is 0 Å². The van der Waals surface area contributed by atoms with Crippen molar-refractivity contribution in [2.75, 3.05) is 0 Å². The Balaban J connectivity index is 1.17. The predicted molar refractivity (Wildman–Crippen MR) is 118 cm³/mol. The van der Waals surface area contributed by atoms with Gasteiger partial charge in [0.15, 0.2) is 18.9 Å². The van der Waals surface area contributed by atoms with Crippen LogP contribution in [0.5, 0.6) is 0 Å². The molecule has 0 unspecified atom stereocenters. The van der Waals surface area contributed by atoms with Gasteiger partial charge >= 0.3 is 0 Å². The molecule has 0 saturated carbocycles. The summed E-state index contributed by atoms with van der Waals surface area (Å²) < 4.78 is 36.3. The zero-order valence-corrected chi connectivity index (χ0v) is 19.4. The standard InChI is InChI=1S/C25H38O7/c1-16-20(26)9-12-24(28-16)31-22-11-14-25(30-18(22)3)32-21-10-13-23(29-17(21)2)27-15-19-7-5-4-6-8-19/h4-8,16-18,20-26H,9-15H2,1-3H3/t16-,17-,18-,20+,21+,22+,23+,24-,25-/m1/s1. The third-order valence-corrected chi connectivity index (χ3v) is 6.69. The first-order chi connectivity index (χ1) is 15.5. The Bertz CT molecular complexity index is 686. The molecule has 9 atom stereocenters. The molecule has 1 N–H and O–H groups in total. The van der Waals surface area contributed by atoms with Crippen LogP contribution in [0.15, 0.2) is 30.3 Å². The molecule has 32 heavy (non-hydrogen) atoms. The van der Waals surface area contributed by atoms with E-state index >= 15 is 0 Å². The van der Waals surface area contributed by atoms with E-state index < -0.39 is 6.10 Å². The summed E-state index contributed by atoms with van der Waals surface area (Å²) in [6.45, 7) is 6.50. The van der Waals surface area contributed by atoms with Gasteiger partial charge in [-0.05, 0) is 45.6 Å². The van der Waals surface area contributed by atoms with Gasteiger partial charge in [-0.15, -0.1) is 0 Å². The molecule has 1 aromatic rings. The van der Waals surface area contributed by atoms with E-state index in [4.69, 9.17) is 28.4 Å². The second kappa shape index (κ2) is 11.4. The van der Waals surface area contributed by atoms with Crippen LogP contribution in [0.2, 0.25) is 0 Å². The van der Waals surface area contributed by atoms with Crippen molar-refractivity contribution in [3.63, 3.8) is 0 Å². The highest BCUT2D eigenvalue weighted by Gasteiger charge is 2.37. The Morgan fingerprint density at radius 1 is 0.719 bits per heavy atom. The summed E-state index contributed by atoms with van der Waals surface area (Å²) in [6.07, 6.45) is 3.21. The van der Waals surface area contributed by atoms with Gasteiger partial charge in [-0.2, -0.15) is 0 Å². The number of ether oxygens (including phenoxy) is 6. The van der Waals surface area contributed by atoms with Gasteiger partial charge in [-0.3, -0.25) is 0 Å². The average Bonchev–Trinajstić information content (AvgIpc) is 2.79. The van der Waals surface area contributed by atoms with Gasteiger partial charge in [-0.1, -0.05) is 30.3 Å². The Hall–Kier alpha value is -1.06. The number of hydrogen-bond acceptors (Lipinski definition) is 7. The Kier molecular flexibility index (Phi) is 8.56. The second-order valence-corrected chi connectivity index (χ2v) is 9.26. The fraction of sp³-hybridized carbons (Fsp3) is 0.760. The van der Waals surface area contributed by atoms with Gasteiger partial charge < -0.3 is 33.5 Å². The van der Waals surface area contributed by atoms with Crippen LogP contribution in [0.4, 0.5) is 0 Å². The van der Waals surface area contributed by atoms with Gasteiger partial charge in [0, 0.05) is 19.3 Å². The smallest absolute Gasteiger partial charge is 0.158 e. The second-order valence-electron chi connectivity index (χ2n) is 9.26.